The predicted octanol–water partition coefficient (Wildman–Crippen LogP) is 2.51. The Hall–Kier alpha value is -1.46. The van der Waals surface area contributed by atoms with E-state index in [9.17, 15) is 0 Å². The van der Waals surface area contributed by atoms with Crippen molar-refractivity contribution in [2.75, 3.05) is 74.2 Å². The maximum atomic E-state index is 5.50. The van der Waals surface area contributed by atoms with E-state index in [1.165, 1.54) is 32.4 Å². The number of hydrogen-bond acceptors (Lipinski definition) is 6. The van der Waals surface area contributed by atoms with Crippen LogP contribution in [0.25, 0.3) is 0 Å². The van der Waals surface area contributed by atoms with Crippen LogP contribution in [-0.4, -0.2) is 101 Å². The molecule has 2 saturated heterocycles. The van der Waals surface area contributed by atoms with Gasteiger partial charge in [0.15, 0.2) is 17.5 Å². The number of methoxy groups -OCH3 is 3. The van der Waals surface area contributed by atoms with Crippen LogP contribution < -0.4 is 19.5 Å². The van der Waals surface area contributed by atoms with E-state index in [4.69, 9.17) is 14.2 Å². The van der Waals surface area contributed by atoms with Crippen molar-refractivity contribution in [3.8, 4) is 17.2 Å². The smallest absolute Gasteiger partial charge is 0.203 e. The number of ether oxygens (including phenoxy) is 3. The van der Waals surface area contributed by atoms with Crippen molar-refractivity contribution in [2.45, 2.75) is 31.8 Å². The lowest BCUT2D eigenvalue weighted by Crippen LogP contribution is -2.52. The number of hydrogen-bond donors (Lipinski definition) is 1. The molecule has 2 aliphatic heterocycles. The standard InChI is InChI=1S/C24H39N5O3.HI/c1-25-24(26-15-18-7-8-29(17-18)20-5-6-20)28-11-9-27(10-12-28)16-19-13-21(30-2)23(32-4)22(14-19)31-3;/h13-14,18,20H,5-12,15-17H2,1-4H3,(H,25,26);1H. The zero-order valence-electron chi connectivity index (χ0n) is 20.5. The summed E-state index contributed by atoms with van der Waals surface area (Å²) < 4.78 is 16.5. The monoisotopic (exact) mass is 573 g/mol. The molecule has 3 aliphatic rings. The molecule has 186 valence electrons. The molecule has 1 atom stereocenters. The fourth-order valence-electron chi connectivity index (χ4n) is 4.97. The summed E-state index contributed by atoms with van der Waals surface area (Å²) in [5.41, 5.74) is 1.16. The first-order chi connectivity index (χ1) is 15.6. The molecule has 2 heterocycles. The molecule has 0 bridgehead atoms. The van der Waals surface area contributed by atoms with E-state index in [0.717, 1.165) is 62.8 Å². The van der Waals surface area contributed by atoms with Gasteiger partial charge < -0.3 is 29.3 Å². The quantitative estimate of drug-likeness (QED) is 0.292. The van der Waals surface area contributed by atoms with E-state index in [1.807, 2.05) is 19.2 Å². The summed E-state index contributed by atoms with van der Waals surface area (Å²) in [7, 11) is 6.85. The Kier molecular flexibility index (Phi) is 9.75. The van der Waals surface area contributed by atoms with Crippen molar-refractivity contribution >= 4 is 29.9 Å². The summed E-state index contributed by atoms with van der Waals surface area (Å²) >= 11 is 0. The minimum Gasteiger partial charge on any atom is -0.493 e. The third-order valence-corrected chi connectivity index (χ3v) is 6.94. The molecule has 0 amide bonds. The topological polar surface area (TPSA) is 61.8 Å². The first kappa shape index (κ1) is 26.2. The molecular formula is C24H40IN5O3. The van der Waals surface area contributed by atoms with Crippen molar-refractivity contribution in [3.63, 3.8) is 0 Å². The summed E-state index contributed by atoms with van der Waals surface area (Å²) in [6, 6.07) is 4.97. The number of guanidine groups is 1. The number of piperazine rings is 1. The Bertz CT molecular complexity index is 771. The number of aliphatic imine (C=N–C) groups is 1. The fraction of sp³-hybridized carbons (Fsp3) is 0.708. The van der Waals surface area contributed by atoms with Crippen LogP contribution in [0, 0.1) is 5.92 Å². The number of rotatable bonds is 8. The lowest BCUT2D eigenvalue weighted by molar-refractivity contribution is 0.172. The van der Waals surface area contributed by atoms with E-state index < -0.39 is 0 Å². The molecule has 9 heteroatoms. The van der Waals surface area contributed by atoms with Crippen LogP contribution in [0.2, 0.25) is 0 Å². The highest BCUT2D eigenvalue weighted by Crippen LogP contribution is 2.38. The van der Waals surface area contributed by atoms with Crippen LogP contribution in [0.1, 0.15) is 24.8 Å². The van der Waals surface area contributed by atoms with Gasteiger partial charge in [-0.15, -0.1) is 24.0 Å². The largest absolute Gasteiger partial charge is 0.493 e. The molecule has 0 aromatic heterocycles. The molecule has 1 N–H and O–H groups in total. The fourth-order valence-corrected chi connectivity index (χ4v) is 4.97. The Labute approximate surface area is 215 Å². The van der Waals surface area contributed by atoms with Gasteiger partial charge in [0, 0.05) is 58.9 Å². The number of nitrogens with zero attached hydrogens (tertiary/aromatic N) is 4. The lowest BCUT2D eigenvalue weighted by atomic mass is 10.1. The molecule has 1 aliphatic carbocycles. The molecule has 1 aromatic carbocycles. The Morgan fingerprint density at radius 1 is 0.970 bits per heavy atom. The van der Waals surface area contributed by atoms with Gasteiger partial charge in [0.2, 0.25) is 5.75 Å². The molecule has 33 heavy (non-hydrogen) atoms. The summed E-state index contributed by atoms with van der Waals surface area (Å²) in [5, 5.41) is 3.65. The second kappa shape index (κ2) is 12.3. The average molecular weight is 574 g/mol. The van der Waals surface area contributed by atoms with Gasteiger partial charge in [-0.25, -0.2) is 0 Å². The van der Waals surface area contributed by atoms with Crippen LogP contribution in [0.15, 0.2) is 17.1 Å². The normalized spacial score (nSPS) is 22.1. The second-order valence-electron chi connectivity index (χ2n) is 9.11. The Morgan fingerprint density at radius 2 is 1.64 bits per heavy atom. The van der Waals surface area contributed by atoms with E-state index in [2.05, 4.69) is 25.0 Å². The van der Waals surface area contributed by atoms with Gasteiger partial charge in [-0.2, -0.15) is 0 Å². The van der Waals surface area contributed by atoms with Gasteiger partial charge in [0.05, 0.1) is 21.3 Å². The molecule has 3 fully saturated rings. The van der Waals surface area contributed by atoms with Gasteiger partial charge in [0.1, 0.15) is 0 Å². The van der Waals surface area contributed by atoms with E-state index in [-0.39, 0.29) is 24.0 Å². The highest BCUT2D eigenvalue weighted by molar-refractivity contribution is 14.0. The van der Waals surface area contributed by atoms with E-state index in [1.54, 1.807) is 21.3 Å². The van der Waals surface area contributed by atoms with Gasteiger partial charge in [-0.3, -0.25) is 9.89 Å². The second-order valence-corrected chi connectivity index (χ2v) is 9.11. The van der Waals surface area contributed by atoms with Gasteiger partial charge in [0.25, 0.3) is 0 Å². The average Bonchev–Trinajstić information content (AvgIpc) is 3.57. The molecule has 0 spiro atoms. The van der Waals surface area contributed by atoms with Crippen LogP contribution in [-0.2, 0) is 6.54 Å². The minimum absolute atomic E-state index is 0. The van der Waals surface area contributed by atoms with Crippen LogP contribution >= 0.6 is 24.0 Å². The molecule has 4 rings (SSSR count). The SMILES string of the molecule is CN=C(NCC1CCN(C2CC2)C1)N1CCN(Cc2cc(OC)c(OC)c(OC)c2)CC1.I. The maximum absolute atomic E-state index is 5.50. The van der Waals surface area contributed by atoms with Crippen molar-refractivity contribution in [1.29, 1.82) is 0 Å². The summed E-state index contributed by atoms with van der Waals surface area (Å²) in [6.07, 6.45) is 4.12. The van der Waals surface area contributed by atoms with Gasteiger partial charge in [-0.1, -0.05) is 0 Å². The number of benzene rings is 1. The Morgan fingerprint density at radius 3 is 2.18 bits per heavy atom. The molecule has 8 nitrogen and oxygen atoms in total. The predicted molar refractivity (Wildman–Crippen MR) is 142 cm³/mol. The van der Waals surface area contributed by atoms with Gasteiger partial charge in [-0.05, 0) is 49.4 Å². The maximum Gasteiger partial charge on any atom is 0.203 e. The molecule has 0 radical (unpaired) electrons. The molecule has 1 saturated carbocycles. The van der Waals surface area contributed by atoms with E-state index in [0.29, 0.717) is 17.2 Å². The zero-order chi connectivity index (χ0) is 22.5. The lowest BCUT2D eigenvalue weighted by Gasteiger charge is -2.36. The third-order valence-electron chi connectivity index (χ3n) is 6.94. The number of likely N-dealkylation sites (tertiary alicyclic amines) is 1. The van der Waals surface area contributed by atoms with Crippen molar-refractivity contribution in [3.05, 3.63) is 17.7 Å². The van der Waals surface area contributed by atoms with E-state index >= 15 is 0 Å². The summed E-state index contributed by atoms with van der Waals surface area (Å²) in [4.78, 5) is 12.1. The zero-order valence-corrected chi connectivity index (χ0v) is 22.8. The highest BCUT2D eigenvalue weighted by atomic mass is 127. The van der Waals surface area contributed by atoms with Gasteiger partial charge >= 0.3 is 0 Å². The Balaban J connectivity index is 0.00000306. The summed E-state index contributed by atoms with van der Waals surface area (Å²) in [6.45, 7) is 8.35. The number of halogens is 1. The van der Waals surface area contributed by atoms with Crippen molar-refractivity contribution < 1.29 is 14.2 Å². The van der Waals surface area contributed by atoms with Crippen LogP contribution in [0.4, 0.5) is 0 Å². The summed E-state index contributed by atoms with van der Waals surface area (Å²) in [5.74, 6) is 3.84. The van der Waals surface area contributed by atoms with Crippen LogP contribution in [0.5, 0.6) is 17.2 Å². The molecule has 1 aromatic rings. The molecule has 1 unspecified atom stereocenters. The first-order valence-electron chi connectivity index (χ1n) is 11.9. The molecular weight excluding hydrogens is 533 g/mol. The van der Waals surface area contributed by atoms with Crippen molar-refractivity contribution in [1.82, 2.24) is 20.0 Å². The highest BCUT2D eigenvalue weighted by Gasteiger charge is 2.34. The number of nitrogens with one attached hydrogen (secondary N) is 1. The first-order valence-corrected chi connectivity index (χ1v) is 11.9. The third kappa shape index (κ3) is 6.57. The van der Waals surface area contributed by atoms with Crippen LogP contribution in [0.3, 0.4) is 0 Å². The van der Waals surface area contributed by atoms with Crippen molar-refractivity contribution in [2.24, 2.45) is 10.9 Å². The minimum atomic E-state index is 0.